The Bertz CT molecular complexity index is 151. The highest BCUT2D eigenvalue weighted by molar-refractivity contribution is 5.81. The highest BCUT2D eigenvalue weighted by atomic mass is 16.2. The molecule has 0 heterocycles. The van der Waals surface area contributed by atoms with Crippen LogP contribution in [0.3, 0.4) is 0 Å². The van der Waals surface area contributed by atoms with Crippen molar-refractivity contribution in [1.29, 1.82) is 0 Å². The second-order valence-electron chi connectivity index (χ2n) is 3.55. The zero-order chi connectivity index (χ0) is 9.78. The maximum Gasteiger partial charge on any atom is 0.237 e. The standard InChI is InChI=1S/C9H20N2O/c1-5-9(4,6-2)11-8(12)7(3)10/h7H,5-6,10H2,1-4H3,(H,11,12)/t7-/m1/s1. The van der Waals surface area contributed by atoms with E-state index in [2.05, 4.69) is 19.2 Å². The normalized spacial score (nSPS) is 14.1. The minimum Gasteiger partial charge on any atom is -0.350 e. The Kier molecular flexibility index (Phi) is 4.24. The molecule has 72 valence electrons. The smallest absolute Gasteiger partial charge is 0.237 e. The van der Waals surface area contributed by atoms with E-state index in [9.17, 15) is 4.79 Å². The van der Waals surface area contributed by atoms with E-state index in [0.717, 1.165) is 12.8 Å². The Labute approximate surface area is 74.7 Å². The molecule has 0 aliphatic heterocycles. The molecule has 0 fully saturated rings. The molecule has 0 saturated carbocycles. The third-order valence-electron chi connectivity index (χ3n) is 2.40. The fourth-order valence-corrected chi connectivity index (χ4v) is 0.838. The van der Waals surface area contributed by atoms with E-state index in [1.165, 1.54) is 0 Å². The van der Waals surface area contributed by atoms with Crippen LogP contribution < -0.4 is 11.1 Å². The molecule has 0 unspecified atom stereocenters. The molecular formula is C9H20N2O. The van der Waals surface area contributed by atoms with Crippen molar-refractivity contribution in [2.45, 2.75) is 52.1 Å². The molecule has 0 saturated heterocycles. The number of hydrogen-bond acceptors (Lipinski definition) is 2. The lowest BCUT2D eigenvalue weighted by molar-refractivity contribution is -0.123. The molecule has 0 bridgehead atoms. The number of rotatable bonds is 4. The SMILES string of the molecule is CCC(C)(CC)NC(=O)[C@@H](C)N. The Morgan fingerprint density at radius 3 is 2.17 bits per heavy atom. The van der Waals surface area contributed by atoms with Gasteiger partial charge < -0.3 is 11.1 Å². The summed E-state index contributed by atoms with van der Waals surface area (Å²) in [7, 11) is 0. The van der Waals surface area contributed by atoms with Crippen LogP contribution in [-0.2, 0) is 4.79 Å². The number of nitrogens with one attached hydrogen (secondary N) is 1. The molecule has 0 aliphatic rings. The average molecular weight is 172 g/mol. The lowest BCUT2D eigenvalue weighted by Gasteiger charge is -2.29. The third-order valence-corrected chi connectivity index (χ3v) is 2.40. The maximum atomic E-state index is 11.2. The van der Waals surface area contributed by atoms with Crippen molar-refractivity contribution < 1.29 is 4.79 Å². The Morgan fingerprint density at radius 1 is 1.50 bits per heavy atom. The quantitative estimate of drug-likeness (QED) is 0.665. The van der Waals surface area contributed by atoms with Crippen LogP contribution in [0.25, 0.3) is 0 Å². The topological polar surface area (TPSA) is 55.1 Å². The summed E-state index contributed by atoms with van der Waals surface area (Å²) in [6.45, 7) is 7.85. The van der Waals surface area contributed by atoms with Gasteiger partial charge in [-0.05, 0) is 26.7 Å². The van der Waals surface area contributed by atoms with Gasteiger partial charge in [-0.25, -0.2) is 0 Å². The molecule has 0 aromatic carbocycles. The van der Waals surface area contributed by atoms with Crippen LogP contribution in [-0.4, -0.2) is 17.5 Å². The van der Waals surface area contributed by atoms with Gasteiger partial charge in [0, 0.05) is 5.54 Å². The second kappa shape index (κ2) is 4.45. The van der Waals surface area contributed by atoms with E-state index in [1.54, 1.807) is 6.92 Å². The van der Waals surface area contributed by atoms with Crippen molar-refractivity contribution in [2.75, 3.05) is 0 Å². The summed E-state index contributed by atoms with van der Waals surface area (Å²) < 4.78 is 0. The largest absolute Gasteiger partial charge is 0.350 e. The molecule has 0 aromatic heterocycles. The monoisotopic (exact) mass is 172 g/mol. The highest BCUT2D eigenvalue weighted by Gasteiger charge is 2.22. The van der Waals surface area contributed by atoms with Crippen molar-refractivity contribution in [3.8, 4) is 0 Å². The summed E-state index contributed by atoms with van der Waals surface area (Å²) in [6.07, 6.45) is 1.86. The van der Waals surface area contributed by atoms with Gasteiger partial charge in [-0.3, -0.25) is 4.79 Å². The predicted octanol–water partition coefficient (Wildman–Crippen LogP) is 1.03. The second-order valence-corrected chi connectivity index (χ2v) is 3.55. The summed E-state index contributed by atoms with van der Waals surface area (Å²) in [5, 5.41) is 2.93. The molecule has 0 spiro atoms. The summed E-state index contributed by atoms with van der Waals surface area (Å²) >= 11 is 0. The van der Waals surface area contributed by atoms with Crippen molar-refractivity contribution >= 4 is 5.91 Å². The van der Waals surface area contributed by atoms with Crippen molar-refractivity contribution in [1.82, 2.24) is 5.32 Å². The lowest BCUT2D eigenvalue weighted by atomic mass is 9.95. The van der Waals surface area contributed by atoms with Gasteiger partial charge in [-0.1, -0.05) is 13.8 Å². The fourth-order valence-electron chi connectivity index (χ4n) is 0.838. The average Bonchev–Trinajstić information content (AvgIpc) is 2.04. The molecule has 1 amide bonds. The molecule has 3 heteroatoms. The molecule has 12 heavy (non-hydrogen) atoms. The molecule has 0 aliphatic carbocycles. The van der Waals surface area contributed by atoms with Gasteiger partial charge in [-0.2, -0.15) is 0 Å². The van der Waals surface area contributed by atoms with E-state index in [0.29, 0.717) is 0 Å². The molecule has 3 nitrogen and oxygen atoms in total. The summed E-state index contributed by atoms with van der Waals surface area (Å²) in [4.78, 5) is 11.2. The lowest BCUT2D eigenvalue weighted by Crippen LogP contribution is -2.50. The van der Waals surface area contributed by atoms with E-state index in [1.807, 2.05) is 6.92 Å². The van der Waals surface area contributed by atoms with E-state index in [-0.39, 0.29) is 11.4 Å². The van der Waals surface area contributed by atoms with E-state index < -0.39 is 6.04 Å². The van der Waals surface area contributed by atoms with Gasteiger partial charge in [-0.15, -0.1) is 0 Å². The Hall–Kier alpha value is -0.570. The maximum absolute atomic E-state index is 11.2. The van der Waals surface area contributed by atoms with Gasteiger partial charge in [0.1, 0.15) is 0 Å². The van der Waals surface area contributed by atoms with E-state index >= 15 is 0 Å². The zero-order valence-corrected chi connectivity index (χ0v) is 8.48. The Balaban J connectivity index is 4.12. The van der Waals surface area contributed by atoms with E-state index in [4.69, 9.17) is 5.73 Å². The number of carbonyl (C=O) groups excluding carboxylic acids is 1. The highest BCUT2D eigenvalue weighted by Crippen LogP contribution is 2.13. The summed E-state index contributed by atoms with van der Waals surface area (Å²) in [5.74, 6) is -0.0683. The zero-order valence-electron chi connectivity index (χ0n) is 8.48. The minimum atomic E-state index is -0.414. The molecule has 0 rings (SSSR count). The number of amides is 1. The van der Waals surface area contributed by atoms with Crippen LogP contribution in [0.5, 0.6) is 0 Å². The van der Waals surface area contributed by atoms with Crippen LogP contribution in [0.1, 0.15) is 40.5 Å². The first-order valence-corrected chi connectivity index (χ1v) is 4.52. The van der Waals surface area contributed by atoms with Crippen LogP contribution in [0.4, 0.5) is 0 Å². The summed E-state index contributed by atoms with van der Waals surface area (Å²) in [5.41, 5.74) is 5.35. The molecule has 0 radical (unpaired) electrons. The van der Waals surface area contributed by atoms with Gasteiger partial charge in [0.05, 0.1) is 6.04 Å². The number of hydrogen-bond donors (Lipinski definition) is 2. The molecule has 1 atom stereocenters. The third kappa shape index (κ3) is 3.22. The minimum absolute atomic E-state index is 0.0683. The Morgan fingerprint density at radius 2 is 1.92 bits per heavy atom. The van der Waals surface area contributed by atoms with Crippen molar-refractivity contribution in [3.63, 3.8) is 0 Å². The molecule has 0 aromatic rings. The van der Waals surface area contributed by atoms with Crippen LogP contribution >= 0.6 is 0 Å². The molecule has 3 N–H and O–H groups in total. The van der Waals surface area contributed by atoms with Crippen LogP contribution in [0.2, 0.25) is 0 Å². The summed E-state index contributed by atoms with van der Waals surface area (Å²) in [6, 6.07) is -0.414. The first kappa shape index (κ1) is 11.4. The first-order chi connectivity index (χ1) is 5.45. The van der Waals surface area contributed by atoms with Crippen molar-refractivity contribution in [2.24, 2.45) is 5.73 Å². The van der Waals surface area contributed by atoms with Gasteiger partial charge in [0.2, 0.25) is 5.91 Å². The van der Waals surface area contributed by atoms with Gasteiger partial charge >= 0.3 is 0 Å². The molecular weight excluding hydrogens is 152 g/mol. The van der Waals surface area contributed by atoms with Crippen molar-refractivity contribution in [3.05, 3.63) is 0 Å². The number of carbonyl (C=O) groups is 1. The van der Waals surface area contributed by atoms with Gasteiger partial charge in [0.15, 0.2) is 0 Å². The fraction of sp³-hybridized carbons (Fsp3) is 0.889. The van der Waals surface area contributed by atoms with Crippen LogP contribution in [0, 0.1) is 0 Å². The predicted molar refractivity (Wildman–Crippen MR) is 50.8 cm³/mol. The first-order valence-electron chi connectivity index (χ1n) is 4.52. The number of nitrogens with two attached hydrogens (primary N) is 1. The van der Waals surface area contributed by atoms with Crippen LogP contribution in [0.15, 0.2) is 0 Å². The van der Waals surface area contributed by atoms with Gasteiger partial charge in [0.25, 0.3) is 0 Å².